The smallest absolute Gasteiger partial charge is 0.218 e. The molecule has 1 fully saturated rings. The molecule has 0 aliphatic carbocycles. The minimum absolute atomic E-state index is 0.112. The van der Waals surface area contributed by atoms with Crippen LogP contribution in [0.4, 0.5) is 0 Å². The molecule has 2 heterocycles. The first-order chi connectivity index (χ1) is 7.36. The van der Waals surface area contributed by atoms with Crippen molar-refractivity contribution in [2.75, 3.05) is 0 Å². The van der Waals surface area contributed by atoms with E-state index in [1.807, 2.05) is 27.7 Å². The molecule has 1 N–H and O–H groups in total. The predicted octanol–water partition coefficient (Wildman–Crippen LogP) is 2.37. The number of furan rings is 1. The van der Waals surface area contributed by atoms with Crippen LogP contribution in [0.15, 0.2) is 16.5 Å². The Kier molecular flexibility index (Phi) is 2.61. The van der Waals surface area contributed by atoms with Crippen molar-refractivity contribution in [3.63, 3.8) is 0 Å². The highest BCUT2D eigenvalue weighted by Crippen LogP contribution is 2.44. The van der Waals surface area contributed by atoms with Crippen LogP contribution in [0.25, 0.3) is 0 Å². The van der Waals surface area contributed by atoms with E-state index in [9.17, 15) is 0 Å². The van der Waals surface area contributed by atoms with E-state index in [1.165, 1.54) is 0 Å². The van der Waals surface area contributed by atoms with Gasteiger partial charge < -0.3 is 19.0 Å². The minimum Gasteiger partial charge on any atom is -0.458 e. The molecular weight excluding hydrogens is 208 g/mol. The van der Waals surface area contributed by atoms with Gasteiger partial charge in [-0.15, -0.1) is 0 Å². The first kappa shape index (κ1) is 11.6. The lowest BCUT2D eigenvalue weighted by atomic mass is 9.90. The minimum atomic E-state index is -0.495. The second-order valence-corrected chi connectivity index (χ2v) is 5.05. The summed E-state index contributed by atoms with van der Waals surface area (Å²) in [4.78, 5) is 0. The summed E-state index contributed by atoms with van der Waals surface area (Å²) in [7, 11) is 0. The largest absolute Gasteiger partial charge is 0.458 e. The Hall–Kier alpha value is -0.840. The van der Waals surface area contributed by atoms with E-state index in [1.54, 1.807) is 12.1 Å². The van der Waals surface area contributed by atoms with E-state index in [4.69, 9.17) is 19.0 Å². The van der Waals surface area contributed by atoms with Crippen LogP contribution in [-0.2, 0) is 16.1 Å². The number of hydrogen-bond acceptors (Lipinski definition) is 4. The summed E-state index contributed by atoms with van der Waals surface area (Å²) in [5.74, 6) is 1.12. The van der Waals surface area contributed by atoms with Crippen molar-refractivity contribution >= 4 is 0 Å². The Morgan fingerprint density at radius 2 is 1.69 bits per heavy atom. The van der Waals surface area contributed by atoms with Crippen LogP contribution in [0.1, 0.15) is 45.5 Å². The van der Waals surface area contributed by atoms with Crippen molar-refractivity contribution < 1.29 is 19.0 Å². The maximum Gasteiger partial charge on any atom is 0.218 e. The lowest BCUT2D eigenvalue weighted by molar-refractivity contribution is -0.103. The quantitative estimate of drug-likeness (QED) is 0.841. The van der Waals surface area contributed by atoms with Gasteiger partial charge in [0.25, 0.3) is 0 Å². The third-order valence-electron chi connectivity index (χ3n) is 3.32. The number of rotatable bonds is 2. The highest BCUT2D eigenvalue weighted by atomic mass is 16.8. The number of ether oxygens (including phenoxy) is 2. The van der Waals surface area contributed by atoms with Crippen LogP contribution in [-0.4, -0.2) is 16.3 Å². The SMILES string of the molecule is CC1(C)OC(c2ccc(CO)o2)OC1(C)C. The molecule has 16 heavy (non-hydrogen) atoms. The highest BCUT2D eigenvalue weighted by Gasteiger charge is 2.50. The van der Waals surface area contributed by atoms with Crippen LogP contribution in [0.5, 0.6) is 0 Å². The van der Waals surface area contributed by atoms with Crippen molar-refractivity contribution in [2.45, 2.75) is 51.8 Å². The lowest BCUT2D eigenvalue weighted by Gasteiger charge is -2.30. The van der Waals surface area contributed by atoms with Crippen molar-refractivity contribution in [1.29, 1.82) is 0 Å². The van der Waals surface area contributed by atoms with Crippen LogP contribution in [0.3, 0.4) is 0 Å². The Morgan fingerprint density at radius 1 is 1.12 bits per heavy atom. The molecule has 0 atom stereocenters. The maximum absolute atomic E-state index is 8.92. The number of aliphatic hydroxyl groups excluding tert-OH is 1. The molecule has 1 aliphatic heterocycles. The van der Waals surface area contributed by atoms with Crippen LogP contribution >= 0.6 is 0 Å². The van der Waals surface area contributed by atoms with Crippen molar-refractivity contribution in [1.82, 2.24) is 0 Å². The fourth-order valence-electron chi connectivity index (χ4n) is 1.57. The molecule has 0 bridgehead atoms. The molecule has 2 rings (SSSR count). The van der Waals surface area contributed by atoms with E-state index in [2.05, 4.69) is 0 Å². The lowest BCUT2D eigenvalue weighted by Crippen LogP contribution is -2.41. The van der Waals surface area contributed by atoms with Gasteiger partial charge in [0.05, 0.1) is 11.2 Å². The fraction of sp³-hybridized carbons (Fsp3) is 0.667. The van der Waals surface area contributed by atoms with Gasteiger partial charge in [0.1, 0.15) is 12.4 Å². The zero-order valence-electron chi connectivity index (χ0n) is 10.1. The molecular formula is C12H18O4. The number of aliphatic hydroxyl groups is 1. The molecule has 0 unspecified atom stereocenters. The Morgan fingerprint density at radius 3 is 2.12 bits per heavy atom. The maximum atomic E-state index is 8.92. The summed E-state index contributed by atoms with van der Waals surface area (Å²) in [6.45, 7) is 7.84. The average molecular weight is 226 g/mol. The van der Waals surface area contributed by atoms with Gasteiger partial charge in [-0.1, -0.05) is 0 Å². The zero-order chi connectivity index (χ0) is 12.0. The fourth-order valence-corrected chi connectivity index (χ4v) is 1.57. The second-order valence-electron chi connectivity index (χ2n) is 5.05. The van der Waals surface area contributed by atoms with Gasteiger partial charge in [0.15, 0.2) is 5.76 Å². The van der Waals surface area contributed by atoms with Gasteiger partial charge >= 0.3 is 0 Å². The van der Waals surface area contributed by atoms with Crippen molar-refractivity contribution in [2.24, 2.45) is 0 Å². The van der Waals surface area contributed by atoms with Crippen LogP contribution in [0.2, 0.25) is 0 Å². The van der Waals surface area contributed by atoms with Gasteiger partial charge in [0.2, 0.25) is 6.29 Å². The van der Waals surface area contributed by atoms with E-state index < -0.39 is 6.29 Å². The molecule has 1 saturated heterocycles. The van der Waals surface area contributed by atoms with Crippen molar-refractivity contribution in [3.05, 3.63) is 23.7 Å². The Bertz CT molecular complexity index is 362. The molecule has 1 aliphatic rings. The van der Waals surface area contributed by atoms with Gasteiger partial charge in [-0.25, -0.2) is 0 Å². The number of hydrogen-bond donors (Lipinski definition) is 1. The predicted molar refractivity (Wildman–Crippen MR) is 57.7 cm³/mol. The second kappa shape index (κ2) is 3.58. The van der Waals surface area contributed by atoms with Crippen LogP contribution in [0, 0.1) is 0 Å². The summed E-state index contributed by atoms with van der Waals surface area (Å²) >= 11 is 0. The molecule has 0 radical (unpaired) electrons. The molecule has 1 aromatic heterocycles. The summed E-state index contributed by atoms with van der Waals surface area (Å²) in [5, 5.41) is 8.92. The van der Waals surface area contributed by atoms with Gasteiger partial charge in [-0.2, -0.15) is 0 Å². The summed E-state index contributed by atoms with van der Waals surface area (Å²) in [6, 6.07) is 3.49. The third kappa shape index (κ3) is 1.77. The van der Waals surface area contributed by atoms with Crippen molar-refractivity contribution in [3.8, 4) is 0 Å². The Balaban J connectivity index is 2.20. The van der Waals surface area contributed by atoms with E-state index in [0.717, 1.165) is 0 Å². The topological polar surface area (TPSA) is 51.8 Å². The van der Waals surface area contributed by atoms with E-state index in [-0.39, 0.29) is 17.8 Å². The van der Waals surface area contributed by atoms with Gasteiger partial charge in [-0.3, -0.25) is 0 Å². The first-order valence-electron chi connectivity index (χ1n) is 5.41. The van der Waals surface area contributed by atoms with E-state index >= 15 is 0 Å². The molecule has 4 heteroatoms. The zero-order valence-corrected chi connectivity index (χ0v) is 10.1. The third-order valence-corrected chi connectivity index (χ3v) is 3.32. The molecule has 0 spiro atoms. The average Bonchev–Trinajstić information content (AvgIpc) is 2.70. The molecule has 0 amide bonds. The molecule has 0 aromatic carbocycles. The summed E-state index contributed by atoms with van der Waals surface area (Å²) in [6.07, 6.45) is -0.495. The summed E-state index contributed by atoms with van der Waals surface area (Å²) in [5.41, 5.74) is -0.742. The van der Waals surface area contributed by atoms with E-state index in [0.29, 0.717) is 11.5 Å². The molecule has 4 nitrogen and oxygen atoms in total. The standard InChI is InChI=1S/C12H18O4/c1-11(2)12(3,4)16-10(15-11)9-6-5-8(7-13)14-9/h5-6,10,13H,7H2,1-4H3. The first-order valence-corrected chi connectivity index (χ1v) is 5.41. The Labute approximate surface area is 95.2 Å². The van der Waals surface area contributed by atoms with Crippen LogP contribution < -0.4 is 0 Å². The summed E-state index contributed by atoms with van der Waals surface area (Å²) < 4.78 is 17.0. The molecule has 0 saturated carbocycles. The normalized spacial score (nSPS) is 23.8. The van der Waals surface area contributed by atoms with Gasteiger partial charge in [0, 0.05) is 0 Å². The highest BCUT2D eigenvalue weighted by molar-refractivity contribution is 5.10. The van der Waals surface area contributed by atoms with Gasteiger partial charge in [-0.05, 0) is 39.8 Å². The monoisotopic (exact) mass is 226 g/mol. The molecule has 90 valence electrons. The molecule has 1 aromatic rings.